The maximum atomic E-state index is 11.8. The normalized spacial score (nSPS) is 26.2. The van der Waals surface area contributed by atoms with E-state index in [1.807, 2.05) is 13.8 Å². The average Bonchev–Trinajstić information content (AvgIpc) is 2.39. The van der Waals surface area contributed by atoms with E-state index in [0.29, 0.717) is 0 Å². The Morgan fingerprint density at radius 2 is 2.05 bits per heavy atom. The van der Waals surface area contributed by atoms with Gasteiger partial charge in [0.15, 0.2) is 0 Å². The van der Waals surface area contributed by atoms with Crippen molar-refractivity contribution in [1.29, 1.82) is 0 Å². The van der Waals surface area contributed by atoms with Crippen molar-refractivity contribution in [3.63, 3.8) is 0 Å². The SMILES string of the molecule is CC(C)NC(=O)SC1=CC(C2(O)CCCCC2)CCC1. The molecule has 1 saturated carbocycles. The first kappa shape index (κ1) is 15.9. The largest absolute Gasteiger partial charge is 0.389 e. The molecule has 1 unspecified atom stereocenters. The van der Waals surface area contributed by atoms with Crippen molar-refractivity contribution in [3.8, 4) is 0 Å². The van der Waals surface area contributed by atoms with Crippen LogP contribution in [0.1, 0.15) is 65.2 Å². The zero-order valence-corrected chi connectivity index (χ0v) is 13.5. The van der Waals surface area contributed by atoms with Crippen LogP contribution in [0.4, 0.5) is 4.79 Å². The van der Waals surface area contributed by atoms with E-state index in [2.05, 4.69) is 11.4 Å². The van der Waals surface area contributed by atoms with Crippen LogP contribution in [-0.2, 0) is 0 Å². The second-order valence-corrected chi connectivity index (χ2v) is 7.58. The molecule has 0 aromatic carbocycles. The van der Waals surface area contributed by atoms with Gasteiger partial charge < -0.3 is 10.4 Å². The first-order valence-corrected chi connectivity index (χ1v) is 8.73. The smallest absolute Gasteiger partial charge is 0.283 e. The third-order valence-electron chi connectivity index (χ3n) is 4.37. The van der Waals surface area contributed by atoms with Gasteiger partial charge >= 0.3 is 0 Å². The van der Waals surface area contributed by atoms with E-state index in [1.165, 1.54) is 18.2 Å². The molecule has 2 aliphatic carbocycles. The zero-order chi connectivity index (χ0) is 14.6. The number of hydrogen-bond donors (Lipinski definition) is 2. The molecule has 114 valence electrons. The highest BCUT2D eigenvalue weighted by Gasteiger charge is 2.37. The van der Waals surface area contributed by atoms with E-state index in [9.17, 15) is 9.90 Å². The molecule has 0 aliphatic heterocycles. The second-order valence-electron chi connectivity index (χ2n) is 6.48. The molecule has 0 radical (unpaired) electrons. The van der Waals surface area contributed by atoms with Crippen molar-refractivity contribution in [2.45, 2.75) is 76.9 Å². The fourth-order valence-corrected chi connectivity index (χ4v) is 4.33. The van der Waals surface area contributed by atoms with Crippen LogP contribution >= 0.6 is 11.8 Å². The average molecular weight is 297 g/mol. The number of allylic oxidation sites excluding steroid dienone is 1. The molecule has 0 spiro atoms. The van der Waals surface area contributed by atoms with E-state index in [-0.39, 0.29) is 17.2 Å². The summed E-state index contributed by atoms with van der Waals surface area (Å²) in [4.78, 5) is 13.0. The van der Waals surface area contributed by atoms with Crippen molar-refractivity contribution in [2.24, 2.45) is 5.92 Å². The predicted octanol–water partition coefficient (Wildman–Crippen LogP) is 4.22. The van der Waals surface area contributed by atoms with Crippen LogP contribution in [0.15, 0.2) is 11.0 Å². The molecule has 0 aromatic heterocycles. The Morgan fingerprint density at radius 1 is 1.35 bits per heavy atom. The first-order valence-electron chi connectivity index (χ1n) is 7.91. The Balaban J connectivity index is 1.98. The maximum absolute atomic E-state index is 11.8. The van der Waals surface area contributed by atoms with Gasteiger partial charge in [-0.1, -0.05) is 25.3 Å². The minimum atomic E-state index is -0.515. The molecule has 0 aromatic rings. The molecular formula is C16H27NO2S. The predicted molar refractivity (Wildman–Crippen MR) is 84.7 cm³/mol. The molecule has 0 bridgehead atoms. The fraction of sp³-hybridized carbons (Fsp3) is 0.812. The van der Waals surface area contributed by atoms with Crippen molar-refractivity contribution in [2.75, 3.05) is 0 Å². The Morgan fingerprint density at radius 3 is 2.70 bits per heavy atom. The van der Waals surface area contributed by atoms with E-state index in [1.54, 1.807) is 0 Å². The highest BCUT2D eigenvalue weighted by atomic mass is 32.2. The minimum absolute atomic E-state index is 0.0301. The summed E-state index contributed by atoms with van der Waals surface area (Å²) < 4.78 is 0. The summed E-state index contributed by atoms with van der Waals surface area (Å²) >= 11 is 1.32. The van der Waals surface area contributed by atoms with Crippen molar-refractivity contribution in [1.82, 2.24) is 5.32 Å². The minimum Gasteiger partial charge on any atom is -0.389 e. The lowest BCUT2D eigenvalue weighted by atomic mass is 9.72. The third kappa shape index (κ3) is 4.26. The highest BCUT2D eigenvalue weighted by molar-refractivity contribution is 8.16. The molecule has 1 fully saturated rings. The van der Waals surface area contributed by atoms with Gasteiger partial charge in [-0.3, -0.25) is 4.79 Å². The first-order chi connectivity index (χ1) is 9.49. The third-order valence-corrected chi connectivity index (χ3v) is 5.27. The Hall–Kier alpha value is -0.480. The molecule has 1 atom stereocenters. The van der Waals surface area contributed by atoms with E-state index >= 15 is 0 Å². The molecule has 0 heterocycles. The molecule has 2 rings (SSSR count). The van der Waals surface area contributed by atoms with Gasteiger partial charge in [0.25, 0.3) is 5.24 Å². The zero-order valence-electron chi connectivity index (χ0n) is 12.7. The Kier molecular flexibility index (Phi) is 5.56. The van der Waals surface area contributed by atoms with Gasteiger partial charge in [-0.2, -0.15) is 0 Å². The molecular weight excluding hydrogens is 270 g/mol. The van der Waals surface area contributed by atoms with E-state index in [4.69, 9.17) is 0 Å². The van der Waals surface area contributed by atoms with Crippen LogP contribution in [0.25, 0.3) is 0 Å². The number of rotatable bonds is 3. The van der Waals surface area contributed by atoms with E-state index in [0.717, 1.165) is 49.9 Å². The molecule has 2 N–H and O–H groups in total. The van der Waals surface area contributed by atoms with Crippen molar-refractivity contribution in [3.05, 3.63) is 11.0 Å². The fourth-order valence-electron chi connectivity index (χ4n) is 3.32. The summed E-state index contributed by atoms with van der Waals surface area (Å²) in [6, 6.07) is 0.178. The van der Waals surface area contributed by atoms with Gasteiger partial charge in [-0.15, -0.1) is 0 Å². The summed E-state index contributed by atoms with van der Waals surface area (Å²) in [5.41, 5.74) is -0.515. The number of hydrogen-bond acceptors (Lipinski definition) is 3. The Bertz CT molecular complexity index is 373. The van der Waals surface area contributed by atoms with Crippen LogP contribution in [0.5, 0.6) is 0 Å². The maximum Gasteiger partial charge on any atom is 0.283 e. The van der Waals surface area contributed by atoms with Gasteiger partial charge in [0.1, 0.15) is 0 Å². The summed E-state index contributed by atoms with van der Waals surface area (Å²) in [7, 11) is 0. The van der Waals surface area contributed by atoms with Crippen LogP contribution in [-0.4, -0.2) is 22.0 Å². The van der Waals surface area contributed by atoms with Crippen molar-refractivity contribution >= 4 is 17.0 Å². The number of carbonyl (C=O) groups is 1. The van der Waals surface area contributed by atoms with Crippen molar-refractivity contribution < 1.29 is 9.90 Å². The summed E-state index contributed by atoms with van der Waals surface area (Å²) in [6.07, 6.45) is 10.7. The molecule has 3 nitrogen and oxygen atoms in total. The molecule has 2 aliphatic rings. The second kappa shape index (κ2) is 6.99. The van der Waals surface area contributed by atoms with Gasteiger partial charge in [-0.05, 0) is 62.6 Å². The van der Waals surface area contributed by atoms with Crippen LogP contribution in [0.3, 0.4) is 0 Å². The lowest BCUT2D eigenvalue weighted by molar-refractivity contribution is -0.0373. The summed E-state index contributed by atoms with van der Waals surface area (Å²) in [5, 5.41) is 13.8. The highest BCUT2D eigenvalue weighted by Crippen LogP contribution is 2.42. The number of carbonyl (C=O) groups excluding carboxylic acids is 1. The van der Waals surface area contributed by atoms with Crippen LogP contribution < -0.4 is 5.32 Å². The van der Waals surface area contributed by atoms with Gasteiger partial charge in [-0.25, -0.2) is 0 Å². The number of nitrogens with one attached hydrogen (secondary N) is 1. The van der Waals surface area contributed by atoms with Gasteiger partial charge in [0.05, 0.1) is 5.60 Å². The topological polar surface area (TPSA) is 49.3 Å². The standard InChI is InChI=1S/C16H27NO2S/c1-12(2)17-15(18)20-14-8-6-7-13(11-14)16(19)9-4-3-5-10-16/h11-13,19H,3-10H2,1-2H3,(H,17,18). The Labute approximate surface area is 126 Å². The van der Waals surface area contributed by atoms with Crippen LogP contribution in [0, 0.1) is 5.92 Å². The van der Waals surface area contributed by atoms with Gasteiger partial charge in [0.2, 0.25) is 0 Å². The quantitative estimate of drug-likeness (QED) is 0.820. The lowest BCUT2D eigenvalue weighted by Gasteiger charge is -2.39. The summed E-state index contributed by atoms with van der Waals surface area (Å²) in [5.74, 6) is 0.242. The summed E-state index contributed by atoms with van der Waals surface area (Å²) in [6.45, 7) is 3.95. The number of aliphatic hydroxyl groups is 1. The molecule has 20 heavy (non-hydrogen) atoms. The number of thioether (sulfide) groups is 1. The van der Waals surface area contributed by atoms with E-state index < -0.39 is 5.60 Å². The lowest BCUT2D eigenvalue weighted by Crippen LogP contribution is -2.40. The van der Waals surface area contributed by atoms with Crippen LogP contribution in [0.2, 0.25) is 0 Å². The number of amides is 1. The monoisotopic (exact) mass is 297 g/mol. The molecule has 4 heteroatoms. The molecule has 0 saturated heterocycles. The molecule has 1 amide bonds. The van der Waals surface area contributed by atoms with Gasteiger partial charge in [0, 0.05) is 12.0 Å².